The molecule has 0 radical (unpaired) electrons. The molecule has 0 aliphatic heterocycles. The third-order valence-corrected chi connectivity index (χ3v) is 14.1. The molecule has 0 aliphatic carbocycles. The van der Waals surface area contributed by atoms with Crippen LogP contribution in [0.25, 0.3) is 73.2 Å². The third kappa shape index (κ3) is 11.7. The minimum atomic E-state index is 0. The Morgan fingerprint density at radius 3 is 1.08 bits per heavy atom. The van der Waals surface area contributed by atoms with Crippen molar-refractivity contribution in [1.29, 1.82) is 0 Å². The van der Waals surface area contributed by atoms with Gasteiger partial charge in [0.05, 0.1) is 28.5 Å². The molecule has 4 aromatic heterocycles. The van der Waals surface area contributed by atoms with E-state index in [1.807, 2.05) is 85.5 Å². The molecule has 0 saturated carbocycles. The zero-order valence-corrected chi connectivity index (χ0v) is 49.0. The van der Waals surface area contributed by atoms with Gasteiger partial charge in [-0.3, -0.25) is 15.0 Å². The zero-order chi connectivity index (χ0) is 53.6. The minimum Gasteiger partial charge on any atom is -0.456 e. The van der Waals surface area contributed by atoms with E-state index >= 15 is 0 Å². The Bertz CT molecular complexity index is 3480. The van der Waals surface area contributed by atoms with E-state index in [1.165, 1.54) is 44.8 Å². The fourth-order valence-electron chi connectivity index (χ4n) is 10.3. The van der Waals surface area contributed by atoms with E-state index in [4.69, 9.17) is 9.40 Å². The van der Waals surface area contributed by atoms with Crippen LogP contribution in [0.2, 0.25) is 0 Å². The fourth-order valence-corrected chi connectivity index (χ4v) is 10.3. The van der Waals surface area contributed by atoms with E-state index in [-0.39, 0.29) is 20.1 Å². The number of aromatic nitrogens is 6. The van der Waals surface area contributed by atoms with Crippen LogP contribution >= 0.6 is 0 Å². The summed E-state index contributed by atoms with van der Waals surface area (Å²) in [4.78, 5) is 13.9. The second kappa shape index (κ2) is 24.7. The summed E-state index contributed by atoms with van der Waals surface area (Å²) in [5.41, 5.74) is 16.6. The second-order valence-corrected chi connectivity index (χ2v) is 21.4. The number of nitrogens with zero attached hydrogens (tertiary/aromatic N) is 6. The summed E-state index contributed by atoms with van der Waals surface area (Å²) in [6, 6.07) is 57.8. The first-order chi connectivity index (χ1) is 36.7. The molecule has 8 heteroatoms. The molecule has 0 fully saturated rings. The third-order valence-electron chi connectivity index (χ3n) is 14.1. The van der Waals surface area contributed by atoms with Crippen LogP contribution in [0.1, 0.15) is 152 Å². The van der Waals surface area contributed by atoms with Gasteiger partial charge >= 0.3 is 20.1 Å². The van der Waals surface area contributed by atoms with Gasteiger partial charge in [-0.2, -0.15) is 0 Å². The van der Waals surface area contributed by atoms with Gasteiger partial charge in [0.1, 0.15) is 11.2 Å². The molecule has 0 bridgehead atoms. The average molecular weight is 1190 g/mol. The van der Waals surface area contributed by atoms with Crippen molar-refractivity contribution >= 4 is 21.9 Å². The Kier molecular flexibility index (Phi) is 17.9. The number of benzene rings is 7. The molecule has 11 rings (SSSR count). The standard InChI is InChI=1S/C27H25N2O.2C21H23N2.Ir/c1-17(2)21-16-22(18(3)4)26-24(20-12-8-9-13-23(20)30-26)25(21)29-15-14-28-27(29)19-10-6-5-7-11-19;2*1-15(2)18-11-8-12-19(16(3)4)20(18)23-14-13-22-21(23)17-9-6-5-7-10-17;/h5-10,12-18H,1-4H3;2*5-9,11-16H,1-4H3;/q3*-1;+3. The van der Waals surface area contributed by atoms with E-state index in [2.05, 4.69) is 216 Å². The Balaban J connectivity index is 0.000000154. The van der Waals surface area contributed by atoms with Crippen molar-refractivity contribution in [3.05, 3.63) is 228 Å². The van der Waals surface area contributed by atoms with Crippen LogP contribution in [-0.2, 0) is 20.1 Å². The van der Waals surface area contributed by atoms with Gasteiger partial charge in [0.25, 0.3) is 0 Å². The first-order valence-corrected chi connectivity index (χ1v) is 27.0. The Labute approximate surface area is 470 Å². The molecule has 7 aromatic carbocycles. The maximum absolute atomic E-state index is 6.42. The topological polar surface area (TPSA) is 66.6 Å². The van der Waals surface area contributed by atoms with Gasteiger partial charge in [-0.25, -0.2) is 0 Å². The molecule has 4 heterocycles. The van der Waals surface area contributed by atoms with Crippen LogP contribution in [0.15, 0.2) is 181 Å². The van der Waals surface area contributed by atoms with Crippen LogP contribution in [0.5, 0.6) is 0 Å². The van der Waals surface area contributed by atoms with E-state index in [1.54, 1.807) is 0 Å². The van der Waals surface area contributed by atoms with Gasteiger partial charge in [0, 0.05) is 53.9 Å². The number of hydrogen-bond acceptors (Lipinski definition) is 4. The SMILES string of the molecule is CC(C)c1cc(C(C)C)c2oc3ccccc3c2c1-n1ccnc1-c1[c-]cccc1.CC(C)c1cccc(C(C)C)c1-n1ccnc1-c1[c-]cccc1.CC(C)c1cccc(C(C)C)c1-n1ccnc1-c1[c-]cccc1.[Ir+3]. The van der Waals surface area contributed by atoms with Crippen molar-refractivity contribution in [2.75, 3.05) is 0 Å². The van der Waals surface area contributed by atoms with Crippen molar-refractivity contribution < 1.29 is 24.5 Å². The van der Waals surface area contributed by atoms with Gasteiger partial charge < -0.3 is 18.1 Å². The molecule has 7 nitrogen and oxygen atoms in total. The second-order valence-electron chi connectivity index (χ2n) is 21.4. The van der Waals surface area contributed by atoms with Gasteiger partial charge in [-0.15, -0.1) is 108 Å². The molecule has 0 saturated heterocycles. The van der Waals surface area contributed by atoms with Crippen molar-refractivity contribution in [1.82, 2.24) is 28.7 Å². The monoisotopic (exact) mass is 1190 g/mol. The molecule has 77 heavy (non-hydrogen) atoms. The molecule has 0 amide bonds. The van der Waals surface area contributed by atoms with E-state index < -0.39 is 0 Å². The predicted molar refractivity (Wildman–Crippen MR) is 315 cm³/mol. The summed E-state index contributed by atoms with van der Waals surface area (Å²) in [6.45, 7) is 26.9. The largest absolute Gasteiger partial charge is 3.00 e. The van der Waals surface area contributed by atoms with Crippen LogP contribution in [0.4, 0.5) is 0 Å². The van der Waals surface area contributed by atoms with Gasteiger partial charge in [-0.1, -0.05) is 138 Å². The first kappa shape index (κ1) is 55.8. The van der Waals surface area contributed by atoms with E-state index in [9.17, 15) is 0 Å². The smallest absolute Gasteiger partial charge is 0.456 e. The van der Waals surface area contributed by atoms with Gasteiger partial charge in [0.2, 0.25) is 0 Å². The quantitative estimate of drug-likeness (QED) is 0.114. The summed E-state index contributed by atoms with van der Waals surface area (Å²) in [5.74, 6) is 5.33. The number of imidazole rings is 3. The molecule has 0 N–H and O–H groups in total. The predicted octanol–water partition coefficient (Wildman–Crippen LogP) is 18.7. The Hall–Kier alpha value is -7.38. The number of rotatable bonds is 12. The van der Waals surface area contributed by atoms with Crippen molar-refractivity contribution in [2.24, 2.45) is 0 Å². The zero-order valence-electron chi connectivity index (χ0n) is 46.6. The van der Waals surface area contributed by atoms with Gasteiger partial charge in [-0.05, 0) is 81.0 Å². The molecule has 0 spiro atoms. The maximum Gasteiger partial charge on any atom is 3.00 e. The van der Waals surface area contributed by atoms with Crippen LogP contribution < -0.4 is 0 Å². The Morgan fingerprint density at radius 1 is 0.377 bits per heavy atom. The average Bonchev–Trinajstić information content (AvgIpc) is 4.32. The minimum absolute atomic E-state index is 0. The van der Waals surface area contributed by atoms with E-state index in [0.29, 0.717) is 35.5 Å². The van der Waals surface area contributed by atoms with Crippen LogP contribution in [0.3, 0.4) is 0 Å². The molecule has 11 aromatic rings. The van der Waals surface area contributed by atoms with Crippen LogP contribution in [0, 0.1) is 18.2 Å². The number of hydrogen-bond donors (Lipinski definition) is 0. The maximum atomic E-state index is 6.42. The Morgan fingerprint density at radius 2 is 0.727 bits per heavy atom. The van der Waals surface area contributed by atoms with Crippen molar-refractivity contribution in [3.8, 4) is 51.2 Å². The first-order valence-electron chi connectivity index (χ1n) is 27.0. The summed E-state index contributed by atoms with van der Waals surface area (Å²) in [6.07, 6.45) is 11.8. The number of furan rings is 1. The number of para-hydroxylation sites is 3. The molecule has 392 valence electrons. The summed E-state index contributed by atoms with van der Waals surface area (Å²) < 4.78 is 13.1. The molecule has 0 unspecified atom stereocenters. The number of fused-ring (bicyclic) bond motifs is 3. The summed E-state index contributed by atoms with van der Waals surface area (Å²) >= 11 is 0. The summed E-state index contributed by atoms with van der Waals surface area (Å²) in [5, 5.41) is 2.30. The van der Waals surface area contributed by atoms with Gasteiger partial charge in [0.15, 0.2) is 0 Å². The van der Waals surface area contributed by atoms with Crippen LogP contribution in [-0.4, -0.2) is 28.7 Å². The molecule has 0 aliphatic rings. The van der Waals surface area contributed by atoms with Crippen molar-refractivity contribution in [3.63, 3.8) is 0 Å². The molecule has 0 atom stereocenters. The molecular weight excluding hydrogens is 1120 g/mol. The molecular formula is C69H71IrN6O. The van der Waals surface area contributed by atoms with E-state index in [0.717, 1.165) is 61.8 Å². The summed E-state index contributed by atoms with van der Waals surface area (Å²) in [7, 11) is 0. The van der Waals surface area contributed by atoms with Crippen molar-refractivity contribution in [2.45, 2.75) is 119 Å². The fraction of sp³-hybridized carbons (Fsp3) is 0.261. The normalized spacial score (nSPS) is 11.5.